The van der Waals surface area contributed by atoms with Gasteiger partial charge in [-0.3, -0.25) is 4.57 Å². The number of ether oxygens (including phenoxy) is 1. The number of para-hydroxylation sites is 3. The van der Waals surface area contributed by atoms with E-state index in [2.05, 4.69) is 191 Å². The summed E-state index contributed by atoms with van der Waals surface area (Å²) in [4.78, 5) is 14.5. The largest absolute Gasteiger partial charge is 0.457 e. The Morgan fingerprint density at radius 2 is 1.17 bits per heavy atom. The number of aromatic nitrogens is 4. The SMILES string of the molecule is CC(C)(C)c1ccnc(-n2c3ccccc3c3ccc(Oc4cccc(N5CN(c6cccc7c6c6ccccc6n7-c6ccccc6)c6cccnc65)c4)cc32)c1. The Bertz CT molecular complexity index is 3190. The minimum Gasteiger partial charge on any atom is -0.457 e. The van der Waals surface area contributed by atoms with Crippen LogP contribution in [0.25, 0.3) is 55.1 Å². The second-order valence-electron chi connectivity index (χ2n) is 16.0. The molecule has 5 heterocycles. The van der Waals surface area contributed by atoms with Crippen molar-refractivity contribution in [2.24, 2.45) is 0 Å². The summed E-state index contributed by atoms with van der Waals surface area (Å²) in [6.07, 6.45) is 3.79. The Labute approximate surface area is 336 Å². The van der Waals surface area contributed by atoms with Gasteiger partial charge in [-0.1, -0.05) is 87.5 Å². The number of pyridine rings is 2. The Morgan fingerprint density at radius 1 is 0.483 bits per heavy atom. The molecule has 0 radical (unpaired) electrons. The van der Waals surface area contributed by atoms with Gasteiger partial charge in [-0.05, 0) is 95.9 Å². The first-order chi connectivity index (χ1) is 28.4. The predicted molar refractivity (Wildman–Crippen MR) is 238 cm³/mol. The Hall–Kier alpha value is -7.38. The first-order valence-corrected chi connectivity index (χ1v) is 19.8. The van der Waals surface area contributed by atoms with Gasteiger partial charge in [0.25, 0.3) is 0 Å². The van der Waals surface area contributed by atoms with Crippen molar-refractivity contribution in [2.75, 3.05) is 16.5 Å². The van der Waals surface area contributed by atoms with Crippen LogP contribution >= 0.6 is 0 Å². The summed E-state index contributed by atoms with van der Waals surface area (Å²) < 4.78 is 11.3. The summed E-state index contributed by atoms with van der Waals surface area (Å²) in [5, 5.41) is 4.76. The lowest BCUT2D eigenvalue weighted by Crippen LogP contribution is -2.24. The van der Waals surface area contributed by atoms with Gasteiger partial charge in [-0.15, -0.1) is 0 Å². The number of rotatable bonds is 6. The van der Waals surface area contributed by atoms with Gasteiger partial charge in [-0.2, -0.15) is 0 Å². The van der Waals surface area contributed by atoms with Crippen molar-refractivity contribution >= 4 is 66.5 Å². The lowest BCUT2D eigenvalue weighted by atomic mass is 9.88. The zero-order valence-corrected chi connectivity index (χ0v) is 32.5. The molecule has 0 fully saturated rings. The standard InChI is InChI=1S/C51H40N6O/c1-51(2,3)34-27-29-52-48(30-34)57-42-20-9-7-18-39(42)40-26-25-38(32-47(40)57)58-37-17-11-16-36(31-37)54-33-55(46-24-13-28-53-50(46)54)44-22-12-23-45-49(44)41-19-8-10-21-43(41)56(45)35-14-5-4-6-15-35/h4-32H,33H2,1-3H3. The van der Waals surface area contributed by atoms with Crippen LogP contribution in [0.1, 0.15) is 26.3 Å². The maximum Gasteiger partial charge on any atom is 0.158 e. The second-order valence-corrected chi connectivity index (χ2v) is 16.0. The molecule has 7 heteroatoms. The molecule has 0 aliphatic carbocycles. The highest BCUT2D eigenvalue weighted by atomic mass is 16.5. The Kier molecular flexibility index (Phi) is 7.66. The fraction of sp³-hybridized carbons (Fsp3) is 0.0980. The van der Waals surface area contributed by atoms with E-state index in [1.165, 1.54) is 27.2 Å². The zero-order valence-electron chi connectivity index (χ0n) is 32.5. The van der Waals surface area contributed by atoms with Gasteiger partial charge in [0, 0.05) is 57.4 Å². The topological polar surface area (TPSA) is 51.4 Å². The van der Waals surface area contributed by atoms with E-state index >= 15 is 0 Å². The molecule has 0 saturated heterocycles. The third-order valence-electron chi connectivity index (χ3n) is 11.4. The number of anilines is 4. The molecule has 0 spiro atoms. The lowest BCUT2D eigenvalue weighted by Gasteiger charge is -2.23. The van der Waals surface area contributed by atoms with Crippen LogP contribution < -0.4 is 14.5 Å². The van der Waals surface area contributed by atoms with Crippen molar-refractivity contribution < 1.29 is 4.74 Å². The summed E-state index contributed by atoms with van der Waals surface area (Å²) in [6, 6.07) is 57.6. The van der Waals surface area contributed by atoms with E-state index in [1.807, 2.05) is 24.5 Å². The van der Waals surface area contributed by atoms with Crippen molar-refractivity contribution in [1.82, 2.24) is 19.1 Å². The van der Waals surface area contributed by atoms with Gasteiger partial charge in [0.1, 0.15) is 24.0 Å². The molecule has 1 aliphatic rings. The van der Waals surface area contributed by atoms with Gasteiger partial charge in [0.05, 0.1) is 33.4 Å². The van der Waals surface area contributed by atoms with Gasteiger partial charge in [0.2, 0.25) is 0 Å². The monoisotopic (exact) mass is 752 g/mol. The molecule has 10 aromatic rings. The van der Waals surface area contributed by atoms with Crippen molar-refractivity contribution in [2.45, 2.75) is 26.2 Å². The lowest BCUT2D eigenvalue weighted by molar-refractivity contribution is 0.483. The molecule has 0 atom stereocenters. The highest BCUT2D eigenvalue weighted by Gasteiger charge is 2.31. The van der Waals surface area contributed by atoms with Crippen molar-refractivity contribution in [3.63, 3.8) is 0 Å². The fourth-order valence-electron chi connectivity index (χ4n) is 8.70. The van der Waals surface area contributed by atoms with Crippen LogP contribution in [0.5, 0.6) is 11.5 Å². The second kappa shape index (κ2) is 13.1. The average Bonchev–Trinajstić information content (AvgIpc) is 3.92. The molecule has 1 aliphatic heterocycles. The summed E-state index contributed by atoms with van der Waals surface area (Å²) in [5.74, 6) is 3.29. The van der Waals surface area contributed by atoms with Gasteiger partial charge < -0.3 is 19.1 Å². The van der Waals surface area contributed by atoms with Crippen LogP contribution in [0.4, 0.5) is 22.9 Å². The number of nitrogens with zero attached hydrogens (tertiary/aromatic N) is 6. The van der Waals surface area contributed by atoms with E-state index in [0.717, 1.165) is 67.8 Å². The third-order valence-corrected chi connectivity index (χ3v) is 11.4. The minimum atomic E-state index is -0.00569. The maximum atomic E-state index is 6.70. The van der Waals surface area contributed by atoms with Crippen molar-refractivity contribution in [1.29, 1.82) is 0 Å². The highest BCUT2D eigenvalue weighted by Crippen LogP contribution is 2.47. The summed E-state index contributed by atoms with van der Waals surface area (Å²) in [7, 11) is 0. The van der Waals surface area contributed by atoms with Crippen LogP contribution in [-0.4, -0.2) is 25.8 Å². The van der Waals surface area contributed by atoms with E-state index in [9.17, 15) is 0 Å². The van der Waals surface area contributed by atoms with Crippen molar-refractivity contribution in [3.05, 3.63) is 182 Å². The smallest absolute Gasteiger partial charge is 0.158 e. The maximum absolute atomic E-state index is 6.70. The molecule has 280 valence electrons. The summed E-state index contributed by atoms with van der Waals surface area (Å²) in [5.41, 5.74) is 10.1. The van der Waals surface area contributed by atoms with E-state index in [1.54, 1.807) is 0 Å². The van der Waals surface area contributed by atoms with E-state index in [4.69, 9.17) is 14.7 Å². The van der Waals surface area contributed by atoms with Crippen LogP contribution in [0, 0.1) is 0 Å². The fourth-order valence-corrected chi connectivity index (χ4v) is 8.70. The predicted octanol–water partition coefficient (Wildman–Crippen LogP) is 13.0. The molecule has 0 unspecified atom stereocenters. The van der Waals surface area contributed by atoms with Crippen molar-refractivity contribution in [3.8, 4) is 23.0 Å². The minimum absolute atomic E-state index is 0.00569. The highest BCUT2D eigenvalue weighted by molar-refractivity contribution is 6.16. The van der Waals surface area contributed by atoms with Crippen LogP contribution in [0.3, 0.4) is 0 Å². The average molecular weight is 753 g/mol. The van der Waals surface area contributed by atoms with Crippen LogP contribution in [0.2, 0.25) is 0 Å². The molecule has 0 amide bonds. The first-order valence-electron chi connectivity index (χ1n) is 19.8. The van der Waals surface area contributed by atoms with E-state index in [-0.39, 0.29) is 5.41 Å². The Morgan fingerprint density at radius 3 is 2.02 bits per heavy atom. The van der Waals surface area contributed by atoms with Gasteiger partial charge in [-0.25, -0.2) is 9.97 Å². The Balaban J connectivity index is 0.971. The number of benzene rings is 6. The van der Waals surface area contributed by atoms with Gasteiger partial charge in [0.15, 0.2) is 5.82 Å². The molecule has 6 aromatic carbocycles. The number of hydrogen-bond donors (Lipinski definition) is 0. The summed E-state index contributed by atoms with van der Waals surface area (Å²) >= 11 is 0. The molecule has 4 aromatic heterocycles. The molecule has 11 rings (SSSR count). The normalized spacial score (nSPS) is 12.9. The first kappa shape index (κ1) is 33.9. The number of hydrogen-bond acceptors (Lipinski definition) is 5. The third kappa shape index (κ3) is 5.42. The molecule has 0 N–H and O–H groups in total. The van der Waals surface area contributed by atoms with Crippen LogP contribution in [-0.2, 0) is 5.41 Å². The van der Waals surface area contributed by atoms with Gasteiger partial charge >= 0.3 is 0 Å². The van der Waals surface area contributed by atoms with Crippen LogP contribution in [0.15, 0.2) is 176 Å². The van der Waals surface area contributed by atoms with E-state index in [0.29, 0.717) is 6.67 Å². The molecular weight excluding hydrogens is 713 g/mol. The zero-order chi connectivity index (χ0) is 39.0. The molecule has 58 heavy (non-hydrogen) atoms. The number of fused-ring (bicyclic) bond motifs is 7. The molecule has 0 bridgehead atoms. The molecule has 0 saturated carbocycles. The molecule has 7 nitrogen and oxygen atoms in total. The quantitative estimate of drug-likeness (QED) is 0.169. The summed E-state index contributed by atoms with van der Waals surface area (Å²) in [6.45, 7) is 7.29. The molecular formula is C51H40N6O. The van der Waals surface area contributed by atoms with E-state index < -0.39 is 0 Å².